The molecule has 4 nitrogen and oxygen atoms in total. The minimum absolute atomic E-state index is 0.0108. The van der Waals surface area contributed by atoms with Crippen LogP contribution in [0.3, 0.4) is 0 Å². The lowest BCUT2D eigenvalue weighted by molar-refractivity contribution is 0.0731. The van der Waals surface area contributed by atoms with Gasteiger partial charge in [-0.05, 0) is 25.1 Å². The predicted molar refractivity (Wildman–Crippen MR) is 71.4 cm³/mol. The highest BCUT2D eigenvalue weighted by atomic mass is 35.5. The van der Waals surface area contributed by atoms with E-state index >= 15 is 0 Å². The van der Waals surface area contributed by atoms with E-state index in [0.717, 1.165) is 26.2 Å². The minimum Gasteiger partial charge on any atom is -0.493 e. The van der Waals surface area contributed by atoms with Crippen LogP contribution in [0.4, 0.5) is 0 Å². The maximum absolute atomic E-state index is 12.4. The molecule has 1 saturated heterocycles. The number of carbonyl (C=O) groups excluding carboxylic acids is 1. The van der Waals surface area contributed by atoms with Gasteiger partial charge in [-0.15, -0.1) is 0 Å². The summed E-state index contributed by atoms with van der Waals surface area (Å²) in [5, 5.41) is 3.80. The molecular formula is C13H17ClN2O2. The number of nitrogens with zero attached hydrogens (tertiary/aromatic N) is 1. The number of hydrogen-bond donors (Lipinski definition) is 1. The Morgan fingerprint density at radius 1 is 1.44 bits per heavy atom. The largest absolute Gasteiger partial charge is 0.493 e. The molecule has 0 aliphatic carbocycles. The fourth-order valence-corrected chi connectivity index (χ4v) is 2.15. The predicted octanol–water partition coefficient (Wildman–Crippen LogP) is 1.78. The molecule has 1 aromatic carbocycles. The number of hydrogen-bond acceptors (Lipinski definition) is 3. The molecule has 1 aliphatic heterocycles. The molecule has 0 spiro atoms. The minimum atomic E-state index is 0.0108. The molecule has 0 unspecified atom stereocenters. The van der Waals surface area contributed by atoms with Crippen molar-refractivity contribution in [3.8, 4) is 5.75 Å². The van der Waals surface area contributed by atoms with Crippen molar-refractivity contribution in [2.24, 2.45) is 0 Å². The standard InChI is InChI=1S/C13H17ClN2O2/c1-2-18-12-9-10(14)3-4-11(12)13(17)16-7-5-15-6-8-16/h3-4,9,15H,2,5-8H2,1H3. The molecule has 2 rings (SSSR count). The third-order valence-corrected chi connectivity index (χ3v) is 3.11. The number of carbonyl (C=O) groups is 1. The van der Waals surface area contributed by atoms with Crippen molar-refractivity contribution >= 4 is 17.5 Å². The zero-order valence-corrected chi connectivity index (χ0v) is 11.2. The van der Waals surface area contributed by atoms with E-state index in [1.165, 1.54) is 0 Å². The summed E-state index contributed by atoms with van der Waals surface area (Å²) in [6, 6.07) is 5.15. The van der Waals surface area contributed by atoms with Crippen LogP contribution in [-0.4, -0.2) is 43.6 Å². The van der Waals surface area contributed by atoms with Crippen LogP contribution in [0.1, 0.15) is 17.3 Å². The Morgan fingerprint density at radius 2 is 2.17 bits per heavy atom. The van der Waals surface area contributed by atoms with Gasteiger partial charge in [0.1, 0.15) is 5.75 Å². The number of ether oxygens (including phenoxy) is 1. The SMILES string of the molecule is CCOc1cc(Cl)ccc1C(=O)N1CCNCC1. The van der Waals surface area contributed by atoms with Crippen LogP contribution in [0.5, 0.6) is 5.75 Å². The van der Waals surface area contributed by atoms with Gasteiger partial charge in [0.05, 0.1) is 12.2 Å². The number of piperazine rings is 1. The lowest BCUT2D eigenvalue weighted by Crippen LogP contribution is -2.46. The molecule has 1 heterocycles. The Labute approximate surface area is 112 Å². The third kappa shape index (κ3) is 2.94. The van der Waals surface area contributed by atoms with Crippen molar-refractivity contribution in [3.63, 3.8) is 0 Å². The van der Waals surface area contributed by atoms with E-state index in [1.807, 2.05) is 11.8 Å². The fraction of sp³-hybridized carbons (Fsp3) is 0.462. The maximum Gasteiger partial charge on any atom is 0.257 e. The molecule has 18 heavy (non-hydrogen) atoms. The Morgan fingerprint density at radius 3 is 2.83 bits per heavy atom. The Hall–Kier alpha value is -1.26. The van der Waals surface area contributed by atoms with Gasteiger partial charge in [-0.3, -0.25) is 4.79 Å². The molecule has 0 bridgehead atoms. The average Bonchev–Trinajstić information content (AvgIpc) is 2.40. The highest BCUT2D eigenvalue weighted by Crippen LogP contribution is 2.25. The Bertz CT molecular complexity index is 431. The molecule has 1 aliphatic rings. The van der Waals surface area contributed by atoms with Gasteiger partial charge in [0.2, 0.25) is 0 Å². The normalized spacial score (nSPS) is 15.6. The van der Waals surface area contributed by atoms with E-state index < -0.39 is 0 Å². The van der Waals surface area contributed by atoms with Crippen LogP contribution in [0.25, 0.3) is 0 Å². The van der Waals surface area contributed by atoms with Crippen molar-refractivity contribution in [2.75, 3.05) is 32.8 Å². The van der Waals surface area contributed by atoms with Crippen LogP contribution < -0.4 is 10.1 Å². The summed E-state index contributed by atoms with van der Waals surface area (Å²) in [7, 11) is 0. The third-order valence-electron chi connectivity index (χ3n) is 2.88. The molecule has 5 heteroatoms. The van der Waals surface area contributed by atoms with E-state index in [1.54, 1.807) is 18.2 Å². The quantitative estimate of drug-likeness (QED) is 0.909. The molecule has 0 saturated carbocycles. The van der Waals surface area contributed by atoms with E-state index in [2.05, 4.69) is 5.32 Å². The summed E-state index contributed by atoms with van der Waals surface area (Å²) in [5.74, 6) is 0.574. The van der Waals surface area contributed by atoms with Gasteiger partial charge in [-0.2, -0.15) is 0 Å². The van der Waals surface area contributed by atoms with Crippen LogP contribution in [0.2, 0.25) is 5.02 Å². The van der Waals surface area contributed by atoms with Gasteiger partial charge in [0.15, 0.2) is 0 Å². The van der Waals surface area contributed by atoms with Crippen molar-refractivity contribution < 1.29 is 9.53 Å². The Balaban J connectivity index is 2.22. The topological polar surface area (TPSA) is 41.6 Å². The van der Waals surface area contributed by atoms with Gasteiger partial charge in [0, 0.05) is 31.2 Å². The van der Waals surface area contributed by atoms with Gasteiger partial charge < -0.3 is 15.0 Å². The summed E-state index contributed by atoms with van der Waals surface area (Å²) < 4.78 is 5.48. The molecule has 1 aromatic rings. The number of amides is 1. The van der Waals surface area contributed by atoms with Crippen molar-refractivity contribution in [1.29, 1.82) is 0 Å². The lowest BCUT2D eigenvalue weighted by atomic mass is 10.1. The molecule has 0 atom stereocenters. The average molecular weight is 269 g/mol. The van der Waals surface area contributed by atoms with Crippen LogP contribution >= 0.6 is 11.6 Å². The summed E-state index contributed by atoms with van der Waals surface area (Å²) in [6.45, 7) is 5.54. The molecule has 0 radical (unpaired) electrons. The number of nitrogens with one attached hydrogen (secondary N) is 1. The highest BCUT2D eigenvalue weighted by molar-refractivity contribution is 6.30. The zero-order chi connectivity index (χ0) is 13.0. The second-order valence-electron chi connectivity index (χ2n) is 4.12. The van der Waals surface area contributed by atoms with E-state index in [0.29, 0.717) is 22.9 Å². The number of benzene rings is 1. The fourth-order valence-electron chi connectivity index (χ4n) is 1.99. The second-order valence-corrected chi connectivity index (χ2v) is 4.55. The number of halogens is 1. The molecule has 1 amide bonds. The summed E-state index contributed by atoms with van der Waals surface area (Å²) >= 11 is 5.93. The molecule has 1 fully saturated rings. The van der Waals surface area contributed by atoms with Gasteiger partial charge in [-0.25, -0.2) is 0 Å². The zero-order valence-electron chi connectivity index (χ0n) is 10.4. The van der Waals surface area contributed by atoms with E-state index in [-0.39, 0.29) is 5.91 Å². The van der Waals surface area contributed by atoms with Gasteiger partial charge in [-0.1, -0.05) is 11.6 Å². The van der Waals surface area contributed by atoms with Crippen molar-refractivity contribution in [1.82, 2.24) is 10.2 Å². The summed E-state index contributed by atoms with van der Waals surface area (Å²) in [6.07, 6.45) is 0. The smallest absolute Gasteiger partial charge is 0.257 e. The Kier molecular flexibility index (Phi) is 4.44. The van der Waals surface area contributed by atoms with E-state index in [9.17, 15) is 4.79 Å². The first kappa shape index (κ1) is 13.2. The van der Waals surface area contributed by atoms with Crippen LogP contribution in [-0.2, 0) is 0 Å². The number of rotatable bonds is 3. The lowest BCUT2D eigenvalue weighted by Gasteiger charge is -2.28. The van der Waals surface area contributed by atoms with E-state index in [4.69, 9.17) is 16.3 Å². The molecule has 0 aromatic heterocycles. The monoisotopic (exact) mass is 268 g/mol. The molecular weight excluding hydrogens is 252 g/mol. The second kappa shape index (κ2) is 6.07. The van der Waals surface area contributed by atoms with Crippen molar-refractivity contribution in [3.05, 3.63) is 28.8 Å². The van der Waals surface area contributed by atoms with Crippen LogP contribution in [0, 0.1) is 0 Å². The maximum atomic E-state index is 12.4. The first-order valence-electron chi connectivity index (χ1n) is 6.14. The molecule has 98 valence electrons. The summed E-state index contributed by atoms with van der Waals surface area (Å²) in [4.78, 5) is 14.2. The van der Waals surface area contributed by atoms with Gasteiger partial charge >= 0.3 is 0 Å². The van der Waals surface area contributed by atoms with Crippen molar-refractivity contribution in [2.45, 2.75) is 6.92 Å². The molecule has 1 N–H and O–H groups in total. The first-order valence-corrected chi connectivity index (χ1v) is 6.52. The van der Waals surface area contributed by atoms with Crippen LogP contribution in [0.15, 0.2) is 18.2 Å². The van der Waals surface area contributed by atoms with Gasteiger partial charge in [0.25, 0.3) is 5.91 Å². The summed E-state index contributed by atoms with van der Waals surface area (Å²) in [5.41, 5.74) is 0.586. The first-order chi connectivity index (χ1) is 8.72. The highest BCUT2D eigenvalue weighted by Gasteiger charge is 2.21.